The van der Waals surface area contributed by atoms with Gasteiger partial charge in [0.15, 0.2) is 5.96 Å². The Morgan fingerprint density at radius 1 is 1.40 bits per heavy atom. The van der Waals surface area contributed by atoms with Gasteiger partial charge in [-0.3, -0.25) is 4.99 Å². The van der Waals surface area contributed by atoms with Crippen molar-refractivity contribution in [2.24, 2.45) is 10.9 Å². The summed E-state index contributed by atoms with van der Waals surface area (Å²) in [6, 6.07) is 0. The van der Waals surface area contributed by atoms with E-state index in [1.165, 1.54) is 0 Å². The lowest BCUT2D eigenvalue weighted by atomic mass is 9.97. The third-order valence-corrected chi connectivity index (χ3v) is 4.29. The molecule has 144 valence electrons. The maximum Gasteiger partial charge on any atom is 0.410 e. The molecular formula is C19H36N4O2. The molecule has 0 radical (unpaired) electrons. The molecule has 1 aliphatic heterocycles. The minimum absolute atomic E-state index is 0.198. The van der Waals surface area contributed by atoms with Crippen molar-refractivity contribution < 1.29 is 9.53 Å². The summed E-state index contributed by atoms with van der Waals surface area (Å²) in [6.45, 7) is 12.8. The van der Waals surface area contributed by atoms with Gasteiger partial charge in [0.25, 0.3) is 0 Å². The Hall–Kier alpha value is -1.72. The predicted octanol–water partition coefficient (Wildman–Crippen LogP) is 3.11. The summed E-state index contributed by atoms with van der Waals surface area (Å²) in [6.07, 6.45) is 5.83. The Kier molecular flexibility index (Phi) is 8.79. The van der Waals surface area contributed by atoms with Gasteiger partial charge in [-0.2, -0.15) is 0 Å². The van der Waals surface area contributed by atoms with Crippen molar-refractivity contribution >= 4 is 12.1 Å². The Bertz CT molecular complexity index is 449. The van der Waals surface area contributed by atoms with Crippen LogP contribution in [0.4, 0.5) is 4.79 Å². The number of aliphatic imine (C=N–C) groups is 1. The summed E-state index contributed by atoms with van der Waals surface area (Å²) < 4.78 is 5.44. The summed E-state index contributed by atoms with van der Waals surface area (Å²) in [5, 5.41) is 3.46. The quantitative estimate of drug-likeness (QED) is 0.345. The highest BCUT2D eigenvalue weighted by molar-refractivity contribution is 5.79. The first-order valence-corrected chi connectivity index (χ1v) is 9.27. The van der Waals surface area contributed by atoms with Gasteiger partial charge in [-0.05, 0) is 52.4 Å². The molecule has 1 heterocycles. The SMILES string of the molecule is C=CCCCN(C)C(=NC)NCC1CCN(C(=O)OC(C)(C)C)CC1. The third-order valence-electron chi connectivity index (χ3n) is 4.29. The zero-order chi connectivity index (χ0) is 18.9. The van der Waals surface area contributed by atoms with Crippen LogP contribution in [0.25, 0.3) is 0 Å². The molecule has 0 aromatic heterocycles. The summed E-state index contributed by atoms with van der Waals surface area (Å²) in [5.74, 6) is 1.48. The van der Waals surface area contributed by atoms with Crippen molar-refractivity contribution in [3.63, 3.8) is 0 Å². The fourth-order valence-corrected chi connectivity index (χ4v) is 2.85. The molecule has 25 heavy (non-hydrogen) atoms. The second kappa shape index (κ2) is 10.3. The number of hydrogen-bond acceptors (Lipinski definition) is 3. The zero-order valence-electron chi connectivity index (χ0n) is 16.7. The minimum Gasteiger partial charge on any atom is -0.444 e. The van der Waals surface area contributed by atoms with Gasteiger partial charge >= 0.3 is 6.09 Å². The van der Waals surface area contributed by atoms with Gasteiger partial charge in [0.2, 0.25) is 0 Å². The van der Waals surface area contributed by atoms with Crippen LogP contribution in [0.1, 0.15) is 46.5 Å². The number of ether oxygens (including phenoxy) is 1. The number of hydrogen-bond donors (Lipinski definition) is 1. The highest BCUT2D eigenvalue weighted by atomic mass is 16.6. The Balaban J connectivity index is 2.33. The van der Waals surface area contributed by atoms with Crippen LogP contribution in [0.3, 0.4) is 0 Å². The molecule has 1 N–H and O–H groups in total. The maximum absolute atomic E-state index is 12.1. The van der Waals surface area contributed by atoms with Crippen molar-refractivity contribution in [1.29, 1.82) is 0 Å². The highest BCUT2D eigenvalue weighted by Gasteiger charge is 2.26. The number of carbonyl (C=O) groups excluding carboxylic acids is 1. The van der Waals surface area contributed by atoms with Gasteiger partial charge < -0.3 is 19.9 Å². The van der Waals surface area contributed by atoms with E-state index in [0.29, 0.717) is 5.92 Å². The molecule has 0 aliphatic carbocycles. The molecular weight excluding hydrogens is 316 g/mol. The molecule has 6 nitrogen and oxygen atoms in total. The number of unbranched alkanes of at least 4 members (excludes halogenated alkanes) is 1. The van der Waals surface area contributed by atoms with Crippen LogP contribution in [0.5, 0.6) is 0 Å². The second-order valence-electron chi connectivity index (χ2n) is 7.69. The number of allylic oxidation sites excluding steroid dienone is 1. The van der Waals surface area contributed by atoms with E-state index in [0.717, 1.165) is 57.8 Å². The van der Waals surface area contributed by atoms with Gasteiger partial charge in [-0.1, -0.05) is 6.08 Å². The zero-order valence-corrected chi connectivity index (χ0v) is 16.7. The molecule has 0 saturated carbocycles. The minimum atomic E-state index is -0.432. The molecule has 0 aromatic rings. The first-order chi connectivity index (χ1) is 11.8. The molecule has 1 aliphatic rings. The van der Waals surface area contributed by atoms with E-state index in [1.54, 1.807) is 0 Å². The average molecular weight is 353 g/mol. The molecule has 0 spiro atoms. The summed E-state index contributed by atoms with van der Waals surface area (Å²) in [5.41, 5.74) is -0.432. The van der Waals surface area contributed by atoms with Crippen LogP contribution < -0.4 is 5.32 Å². The molecule has 0 atom stereocenters. The number of likely N-dealkylation sites (tertiary alicyclic amines) is 1. The van der Waals surface area contributed by atoms with Crippen LogP contribution in [0.15, 0.2) is 17.6 Å². The monoisotopic (exact) mass is 352 g/mol. The van der Waals surface area contributed by atoms with Crippen LogP contribution in [-0.4, -0.2) is 67.7 Å². The molecule has 1 rings (SSSR count). The van der Waals surface area contributed by atoms with Crippen LogP contribution in [0.2, 0.25) is 0 Å². The number of amides is 1. The van der Waals surface area contributed by atoms with E-state index in [-0.39, 0.29) is 6.09 Å². The lowest BCUT2D eigenvalue weighted by Crippen LogP contribution is -2.45. The summed E-state index contributed by atoms with van der Waals surface area (Å²) in [7, 11) is 3.88. The van der Waals surface area contributed by atoms with Gasteiger partial charge in [0.05, 0.1) is 0 Å². The topological polar surface area (TPSA) is 57.2 Å². The number of nitrogens with one attached hydrogen (secondary N) is 1. The van der Waals surface area contributed by atoms with Crippen LogP contribution in [-0.2, 0) is 4.74 Å². The molecule has 0 aromatic carbocycles. The van der Waals surface area contributed by atoms with Crippen molar-refractivity contribution in [3.05, 3.63) is 12.7 Å². The number of piperidine rings is 1. The number of guanidine groups is 1. The first-order valence-electron chi connectivity index (χ1n) is 9.27. The van der Waals surface area contributed by atoms with Crippen molar-refractivity contribution in [1.82, 2.24) is 15.1 Å². The van der Waals surface area contributed by atoms with E-state index >= 15 is 0 Å². The van der Waals surface area contributed by atoms with E-state index in [2.05, 4.69) is 28.8 Å². The lowest BCUT2D eigenvalue weighted by molar-refractivity contribution is 0.0185. The van der Waals surface area contributed by atoms with Gasteiger partial charge in [-0.15, -0.1) is 6.58 Å². The van der Waals surface area contributed by atoms with Crippen molar-refractivity contribution in [2.45, 2.75) is 52.1 Å². The largest absolute Gasteiger partial charge is 0.444 e. The van der Waals surface area contributed by atoms with E-state index in [9.17, 15) is 4.79 Å². The number of nitrogens with zero attached hydrogens (tertiary/aromatic N) is 3. The lowest BCUT2D eigenvalue weighted by Gasteiger charge is -2.34. The maximum atomic E-state index is 12.1. The molecule has 1 amide bonds. The predicted molar refractivity (Wildman–Crippen MR) is 104 cm³/mol. The van der Waals surface area contributed by atoms with Crippen LogP contribution >= 0.6 is 0 Å². The summed E-state index contributed by atoms with van der Waals surface area (Å²) >= 11 is 0. The Morgan fingerprint density at radius 2 is 2.04 bits per heavy atom. The number of carbonyl (C=O) groups is 1. The van der Waals surface area contributed by atoms with Gasteiger partial charge in [0, 0.05) is 40.3 Å². The Labute approximate surface area is 153 Å². The molecule has 1 fully saturated rings. The smallest absolute Gasteiger partial charge is 0.410 e. The van der Waals surface area contributed by atoms with E-state index in [1.807, 2.05) is 38.8 Å². The van der Waals surface area contributed by atoms with Crippen molar-refractivity contribution in [2.75, 3.05) is 40.3 Å². The summed E-state index contributed by atoms with van der Waals surface area (Å²) in [4.78, 5) is 20.4. The normalized spacial score (nSPS) is 16.5. The second-order valence-corrected chi connectivity index (χ2v) is 7.69. The molecule has 1 saturated heterocycles. The first kappa shape index (κ1) is 21.3. The third kappa shape index (κ3) is 8.27. The molecule has 0 bridgehead atoms. The van der Waals surface area contributed by atoms with E-state index in [4.69, 9.17) is 4.74 Å². The Morgan fingerprint density at radius 3 is 2.56 bits per heavy atom. The fourth-order valence-electron chi connectivity index (χ4n) is 2.85. The van der Waals surface area contributed by atoms with Crippen molar-refractivity contribution in [3.8, 4) is 0 Å². The number of rotatable bonds is 6. The van der Waals surface area contributed by atoms with E-state index < -0.39 is 5.60 Å². The highest BCUT2D eigenvalue weighted by Crippen LogP contribution is 2.19. The van der Waals surface area contributed by atoms with Gasteiger partial charge in [-0.25, -0.2) is 4.79 Å². The molecule has 0 unspecified atom stereocenters. The van der Waals surface area contributed by atoms with Gasteiger partial charge in [0.1, 0.15) is 5.60 Å². The van der Waals surface area contributed by atoms with Crippen LogP contribution in [0, 0.1) is 5.92 Å². The molecule has 6 heteroatoms. The average Bonchev–Trinajstić information content (AvgIpc) is 2.54. The standard InChI is InChI=1S/C19H36N4O2/c1-7-8-9-12-22(6)17(20-5)21-15-16-10-13-23(14-11-16)18(24)25-19(2,3)4/h7,16H,1,8-15H2,2-6H3,(H,20,21). The fraction of sp³-hybridized carbons (Fsp3) is 0.789.